The van der Waals surface area contributed by atoms with Gasteiger partial charge in [-0.2, -0.15) is 0 Å². The van der Waals surface area contributed by atoms with E-state index in [9.17, 15) is 4.79 Å². The third-order valence-electron chi connectivity index (χ3n) is 5.50. The standard InChI is InChI=1S/C15H13ClN4OS.C7H10N2S.CH4/c1-8-17-10-5-6-20(7-12(10)22-8)15(21)14-18-11-4-2-3-9(16)13(11)19-14;1-5-9-6-2-3-8-4-7(6)10-5;/h2-4H,5-7H2,1H3,(H,18,19);8H,2-4H2,1H3;1H4. The van der Waals surface area contributed by atoms with Gasteiger partial charge in [0.1, 0.15) is 5.52 Å². The summed E-state index contributed by atoms with van der Waals surface area (Å²) in [6.07, 6.45) is 1.91. The second-order valence-corrected chi connectivity index (χ2v) is 10.8. The minimum atomic E-state index is -0.0935. The van der Waals surface area contributed by atoms with Crippen molar-refractivity contribution >= 4 is 51.2 Å². The Labute approximate surface area is 206 Å². The molecule has 3 aromatic heterocycles. The number of H-pyrrole nitrogens is 1. The van der Waals surface area contributed by atoms with Crippen LogP contribution in [0.2, 0.25) is 5.02 Å². The molecule has 1 amide bonds. The van der Waals surface area contributed by atoms with Crippen molar-refractivity contribution in [2.45, 2.75) is 47.2 Å². The maximum Gasteiger partial charge on any atom is 0.290 e. The zero-order valence-electron chi connectivity index (χ0n) is 17.9. The fraction of sp³-hybridized carbons (Fsp3) is 0.391. The number of rotatable bonds is 1. The molecule has 5 heterocycles. The van der Waals surface area contributed by atoms with Crippen molar-refractivity contribution in [1.82, 2.24) is 30.2 Å². The van der Waals surface area contributed by atoms with Gasteiger partial charge in [-0.15, -0.1) is 22.7 Å². The Balaban J connectivity index is 0.000000198. The molecule has 174 valence electrons. The lowest BCUT2D eigenvalue weighted by Gasteiger charge is -2.25. The van der Waals surface area contributed by atoms with Gasteiger partial charge in [0.05, 0.1) is 38.5 Å². The molecule has 6 rings (SSSR count). The number of nitrogens with one attached hydrogen (secondary N) is 2. The fourth-order valence-corrected chi connectivity index (χ4v) is 6.17. The third kappa shape index (κ3) is 4.96. The lowest BCUT2D eigenvalue weighted by molar-refractivity contribution is 0.0725. The number of halogens is 1. The van der Waals surface area contributed by atoms with Gasteiger partial charge in [0, 0.05) is 42.2 Å². The summed E-state index contributed by atoms with van der Waals surface area (Å²) in [6, 6.07) is 5.47. The second kappa shape index (κ2) is 9.89. The molecule has 0 spiro atoms. The van der Waals surface area contributed by atoms with Crippen molar-refractivity contribution in [2.75, 3.05) is 13.1 Å². The lowest BCUT2D eigenvalue weighted by atomic mass is 10.2. The van der Waals surface area contributed by atoms with Crippen LogP contribution in [0.15, 0.2) is 18.2 Å². The topological polar surface area (TPSA) is 86.8 Å². The van der Waals surface area contributed by atoms with E-state index in [4.69, 9.17) is 11.6 Å². The number of amides is 1. The largest absolute Gasteiger partial charge is 0.334 e. The van der Waals surface area contributed by atoms with E-state index < -0.39 is 0 Å². The summed E-state index contributed by atoms with van der Waals surface area (Å²) in [4.78, 5) is 33.4. The second-order valence-electron chi connectivity index (χ2n) is 7.83. The molecule has 0 aliphatic carbocycles. The normalized spacial score (nSPS) is 14.7. The molecule has 10 heteroatoms. The molecule has 0 unspecified atom stereocenters. The molecule has 0 atom stereocenters. The molecule has 0 saturated heterocycles. The van der Waals surface area contributed by atoms with Crippen molar-refractivity contribution in [3.8, 4) is 0 Å². The first-order valence-corrected chi connectivity index (χ1v) is 12.5. The molecule has 2 aliphatic heterocycles. The molecule has 1 aromatic carbocycles. The summed E-state index contributed by atoms with van der Waals surface area (Å²) < 4.78 is 0. The predicted molar refractivity (Wildman–Crippen MR) is 135 cm³/mol. The van der Waals surface area contributed by atoms with Crippen molar-refractivity contribution in [3.05, 3.63) is 60.2 Å². The van der Waals surface area contributed by atoms with Crippen LogP contribution in [0.4, 0.5) is 0 Å². The van der Waals surface area contributed by atoms with Crippen molar-refractivity contribution < 1.29 is 4.79 Å². The number of aryl methyl sites for hydroxylation is 2. The number of carbonyl (C=O) groups excluding carboxylic acids is 1. The van der Waals surface area contributed by atoms with E-state index in [0.29, 0.717) is 29.5 Å². The van der Waals surface area contributed by atoms with E-state index in [-0.39, 0.29) is 13.3 Å². The number of imidazole rings is 1. The van der Waals surface area contributed by atoms with Gasteiger partial charge < -0.3 is 15.2 Å². The minimum absolute atomic E-state index is 0. The molecule has 2 N–H and O–H groups in total. The van der Waals surface area contributed by atoms with Crippen molar-refractivity contribution in [2.24, 2.45) is 0 Å². The van der Waals surface area contributed by atoms with Gasteiger partial charge in [0.2, 0.25) is 0 Å². The van der Waals surface area contributed by atoms with Crippen LogP contribution in [-0.2, 0) is 25.9 Å². The minimum Gasteiger partial charge on any atom is -0.334 e. The molecule has 0 fully saturated rings. The van der Waals surface area contributed by atoms with Gasteiger partial charge in [0.15, 0.2) is 5.82 Å². The van der Waals surface area contributed by atoms with E-state index >= 15 is 0 Å². The van der Waals surface area contributed by atoms with Gasteiger partial charge in [-0.1, -0.05) is 25.1 Å². The number of hydrogen-bond acceptors (Lipinski definition) is 7. The van der Waals surface area contributed by atoms with Crippen LogP contribution >= 0.6 is 34.3 Å². The number of hydrogen-bond donors (Lipinski definition) is 2. The highest BCUT2D eigenvalue weighted by Crippen LogP contribution is 2.26. The van der Waals surface area contributed by atoms with Gasteiger partial charge in [-0.25, -0.2) is 15.0 Å². The SMILES string of the molecule is C.Cc1nc2c(s1)CN(C(=O)c1nc3c(Cl)cccc3[nH]1)CC2.Cc1nc2c(s1)CNCC2. The van der Waals surface area contributed by atoms with Crippen LogP contribution in [0.25, 0.3) is 11.0 Å². The first-order chi connectivity index (χ1) is 15.5. The van der Waals surface area contributed by atoms with Crippen LogP contribution in [0.1, 0.15) is 49.2 Å². The molecular weight excluding hydrogens is 476 g/mol. The zero-order valence-corrected chi connectivity index (χ0v) is 20.3. The Bertz CT molecular complexity index is 1270. The Morgan fingerprint density at radius 3 is 2.52 bits per heavy atom. The first-order valence-electron chi connectivity index (χ1n) is 10.5. The summed E-state index contributed by atoms with van der Waals surface area (Å²) in [5, 5.41) is 6.13. The maximum atomic E-state index is 12.7. The molecular formula is C23H27ClN6OS2. The summed E-state index contributed by atoms with van der Waals surface area (Å²) in [5.74, 6) is 0.247. The molecule has 0 bridgehead atoms. The number of aromatic nitrogens is 4. The van der Waals surface area contributed by atoms with Gasteiger partial charge in [0.25, 0.3) is 5.91 Å². The van der Waals surface area contributed by atoms with Crippen molar-refractivity contribution in [1.29, 1.82) is 0 Å². The Hall–Kier alpha value is -2.33. The Morgan fingerprint density at radius 1 is 1.06 bits per heavy atom. The summed E-state index contributed by atoms with van der Waals surface area (Å²) in [7, 11) is 0. The van der Waals surface area contributed by atoms with E-state index in [0.717, 1.165) is 42.1 Å². The molecule has 0 radical (unpaired) electrons. The zero-order chi connectivity index (χ0) is 22.2. The number of benzene rings is 1. The Kier molecular flexibility index (Phi) is 7.13. The van der Waals surface area contributed by atoms with E-state index in [1.165, 1.54) is 20.5 Å². The highest BCUT2D eigenvalue weighted by molar-refractivity contribution is 7.12. The number of thiazole rings is 2. The quantitative estimate of drug-likeness (QED) is 0.386. The van der Waals surface area contributed by atoms with Crippen molar-refractivity contribution in [3.63, 3.8) is 0 Å². The molecule has 4 aromatic rings. The highest BCUT2D eigenvalue weighted by atomic mass is 35.5. The number of fused-ring (bicyclic) bond motifs is 3. The van der Waals surface area contributed by atoms with Crippen LogP contribution in [0, 0.1) is 13.8 Å². The van der Waals surface area contributed by atoms with Gasteiger partial charge in [-0.3, -0.25) is 4.79 Å². The molecule has 33 heavy (non-hydrogen) atoms. The lowest BCUT2D eigenvalue weighted by Crippen LogP contribution is -2.36. The summed E-state index contributed by atoms with van der Waals surface area (Å²) in [6.45, 7) is 7.46. The maximum absolute atomic E-state index is 12.7. The smallest absolute Gasteiger partial charge is 0.290 e. The van der Waals surface area contributed by atoms with E-state index in [1.54, 1.807) is 17.4 Å². The van der Waals surface area contributed by atoms with Crippen LogP contribution in [0.3, 0.4) is 0 Å². The average Bonchev–Trinajstić information content (AvgIpc) is 3.48. The number of para-hydroxylation sites is 1. The summed E-state index contributed by atoms with van der Waals surface area (Å²) in [5.41, 5.74) is 3.86. The monoisotopic (exact) mass is 502 g/mol. The van der Waals surface area contributed by atoms with Gasteiger partial charge in [-0.05, 0) is 26.0 Å². The average molecular weight is 503 g/mol. The molecule has 2 aliphatic rings. The highest BCUT2D eigenvalue weighted by Gasteiger charge is 2.26. The molecule has 0 saturated carbocycles. The molecule has 7 nitrogen and oxygen atoms in total. The number of nitrogens with zero attached hydrogens (tertiary/aromatic N) is 4. The first kappa shape index (κ1) is 23.8. The van der Waals surface area contributed by atoms with E-state index in [2.05, 4.69) is 32.2 Å². The summed E-state index contributed by atoms with van der Waals surface area (Å²) >= 11 is 9.59. The van der Waals surface area contributed by atoms with E-state index in [1.807, 2.05) is 35.3 Å². The van der Waals surface area contributed by atoms with Crippen LogP contribution < -0.4 is 5.32 Å². The number of aromatic amines is 1. The van der Waals surface area contributed by atoms with Gasteiger partial charge >= 0.3 is 0 Å². The number of carbonyl (C=O) groups is 1. The predicted octanol–water partition coefficient (Wildman–Crippen LogP) is 4.91. The fourth-order valence-electron chi connectivity index (χ4n) is 4.00. The Morgan fingerprint density at radius 2 is 1.79 bits per heavy atom. The third-order valence-corrected chi connectivity index (χ3v) is 7.82. The van der Waals surface area contributed by atoms with Crippen LogP contribution in [-0.4, -0.2) is 43.8 Å². The van der Waals surface area contributed by atoms with Crippen LogP contribution in [0.5, 0.6) is 0 Å².